The third kappa shape index (κ3) is 2.74. The Bertz CT molecular complexity index is 359. The highest BCUT2D eigenvalue weighted by molar-refractivity contribution is 5.71. The van der Waals surface area contributed by atoms with Crippen LogP contribution in [0.25, 0.3) is 0 Å². The maximum Gasteiger partial charge on any atom is 0.396 e. The molecule has 1 unspecified atom stereocenters. The summed E-state index contributed by atoms with van der Waals surface area (Å²) in [5.74, 6) is -4.92. The zero-order valence-corrected chi connectivity index (χ0v) is 8.53. The van der Waals surface area contributed by atoms with E-state index in [1.165, 1.54) is 24.3 Å². The molecule has 0 fully saturated rings. The molecule has 2 atom stereocenters. The third-order valence-electron chi connectivity index (χ3n) is 2.40. The van der Waals surface area contributed by atoms with E-state index in [1.54, 1.807) is 6.07 Å². The molecule has 0 bridgehead atoms. The van der Waals surface area contributed by atoms with E-state index in [9.17, 15) is 18.0 Å². The van der Waals surface area contributed by atoms with Gasteiger partial charge in [0.25, 0.3) is 0 Å². The first kappa shape index (κ1) is 12.5. The van der Waals surface area contributed by atoms with Crippen molar-refractivity contribution in [3.63, 3.8) is 0 Å². The molecule has 88 valence electrons. The van der Waals surface area contributed by atoms with E-state index in [1.807, 2.05) is 0 Å². The Hall–Kier alpha value is -1.52. The minimum Gasteiger partial charge on any atom is -0.481 e. The molecule has 0 amide bonds. The van der Waals surface area contributed by atoms with E-state index in [0.717, 1.165) is 6.92 Å². The Balaban J connectivity index is 3.12. The van der Waals surface area contributed by atoms with Crippen LogP contribution in [-0.4, -0.2) is 17.3 Å². The second-order valence-corrected chi connectivity index (χ2v) is 3.56. The van der Waals surface area contributed by atoms with Gasteiger partial charge < -0.3 is 5.11 Å². The summed E-state index contributed by atoms with van der Waals surface area (Å²) in [6, 6.07) is 7.09. The van der Waals surface area contributed by atoms with Crippen molar-refractivity contribution in [1.29, 1.82) is 0 Å². The van der Waals surface area contributed by atoms with Gasteiger partial charge in [-0.1, -0.05) is 37.3 Å². The van der Waals surface area contributed by atoms with E-state index < -0.39 is 24.0 Å². The van der Waals surface area contributed by atoms with Gasteiger partial charge in [0.1, 0.15) is 0 Å². The Morgan fingerprint density at radius 1 is 1.25 bits per heavy atom. The van der Waals surface area contributed by atoms with E-state index >= 15 is 0 Å². The van der Waals surface area contributed by atoms with Crippen LogP contribution < -0.4 is 0 Å². The highest BCUT2D eigenvalue weighted by atomic mass is 19.4. The second kappa shape index (κ2) is 4.55. The fourth-order valence-electron chi connectivity index (χ4n) is 1.56. The van der Waals surface area contributed by atoms with Gasteiger partial charge >= 0.3 is 12.1 Å². The molecule has 0 heterocycles. The van der Waals surface area contributed by atoms with Crippen molar-refractivity contribution < 1.29 is 23.1 Å². The molecule has 5 heteroatoms. The van der Waals surface area contributed by atoms with Crippen LogP contribution in [0.4, 0.5) is 13.2 Å². The lowest BCUT2D eigenvalue weighted by molar-refractivity contribution is -0.173. The zero-order valence-electron chi connectivity index (χ0n) is 8.53. The number of carboxylic acid groups (broad SMARTS) is 1. The van der Waals surface area contributed by atoms with Crippen molar-refractivity contribution >= 4 is 5.97 Å². The molecule has 1 rings (SSSR count). The molecule has 16 heavy (non-hydrogen) atoms. The summed E-state index contributed by atoms with van der Waals surface area (Å²) in [6.45, 7) is 1.06. The van der Waals surface area contributed by atoms with Crippen LogP contribution >= 0.6 is 0 Å². The first-order valence-corrected chi connectivity index (χ1v) is 4.68. The normalized spacial score (nSPS) is 15.5. The van der Waals surface area contributed by atoms with Crippen LogP contribution in [-0.2, 0) is 4.79 Å². The number of carbonyl (C=O) groups is 1. The number of alkyl halides is 3. The monoisotopic (exact) mass is 232 g/mol. The molecule has 0 aliphatic carbocycles. The predicted molar refractivity (Wildman–Crippen MR) is 52.0 cm³/mol. The van der Waals surface area contributed by atoms with Gasteiger partial charge in [-0.3, -0.25) is 4.79 Å². The van der Waals surface area contributed by atoms with E-state index in [-0.39, 0.29) is 5.56 Å². The van der Waals surface area contributed by atoms with Gasteiger partial charge in [-0.05, 0) is 5.56 Å². The lowest BCUT2D eigenvalue weighted by atomic mass is 9.87. The number of halogens is 3. The van der Waals surface area contributed by atoms with Gasteiger partial charge in [0.2, 0.25) is 0 Å². The minimum absolute atomic E-state index is 0.0232. The van der Waals surface area contributed by atoms with Crippen molar-refractivity contribution in [2.75, 3.05) is 0 Å². The van der Waals surface area contributed by atoms with Crippen molar-refractivity contribution in [1.82, 2.24) is 0 Å². The average Bonchev–Trinajstić information content (AvgIpc) is 2.17. The van der Waals surface area contributed by atoms with Crippen molar-refractivity contribution in [3.05, 3.63) is 35.9 Å². The maximum absolute atomic E-state index is 12.8. The fraction of sp³-hybridized carbons (Fsp3) is 0.364. The van der Waals surface area contributed by atoms with Crippen LogP contribution in [0.2, 0.25) is 0 Å². The van der Waals surface area contributed by atoms with Crippen LogP contribution in [0.15, 0.2) is 30.3 Å². The SMILES string of the molecule is C[C@@H](C(=O)O)C(c1ccccc1)C(F)(F)F. The number of aliphatic carboxylic acids is 1. The smallest absolute Gasteiger partial charge is 0.396 e. The second-order valence-electron chi connectivity index (χ2n) is 3.56. The molecule has 0 saturated heterocycles. The van der Waals surface area contributed by atoms with Crippen LogP contribution in [0, 0.1) is 5.92 Å². The molecule has 1 aromatic rings. The lowest BCUT2D eigenvalue weighted by Gasteiger charge is -2.24. The number of rotatable bonds is 3. The van der Waals surface area contributed by atoms with E-state index in [0.29, 0.717) is 0 Å². The summed E-state index contributed by atoms with van der Waals surface area (Å²) in [5, 5.41) is 8.68. The quantitative estimate of drug-likeness (QED) is 0.869. The highest BCUT2D eigenvalue weighted by Gasteiger charge is 2.46. The Kier molecular flexibility index (Phi) is 3.57. The molecular formula is C11H11F3O2. The number of hydrogen-bond acceptors (Lipinski definition) is 1. The Morgan fingerprint density at radius 3 is 2.12 bits per heavy atom. The average molecular weight is 232 g/mol. The van der Waals surface area contributed by atoms with E-state index in [2.05, 4.69) is 0 Å². The standard InChI is InChI=1S/C11H11F3O2/c1-7(10(15)16)9(11(12,13)14)8-5-3-2-4-6-8/h2-7,9H,1H3,(H,15,16)/t7-,9?/m1/s1. The molecule has 2 nitrogen and oxygen atoms in total. The topological polar surface area (TPSA) is 37.3 Å². The Labute approximate surface area is 90.7 Å². The molecule has 0 aliphatic heterocycles. The Morgan fingerprint density at radius 2 is 1.75 bits per heavy atom. The first-order chi connectivity index (χ1) is 7.34. The molecule has 0 radical (unpaired) electrons. The van der Waals surface area contributed by atoms with Gasteiger partial charge in [0.05, 0.1) is 11.8 Å². The van der Waals surface area contributed by atoms with Gasteiger partial charge in [-0.15, -0.1) is 0 Å². The predicted octanol–water partition coefficient (Wildman–Crippen LogP) is 3.05. The maximum atomic E-state index is 12.8. The summed E-state index contributed by atoms with van der Waals surface area (Å²) in [4.78, 5) is 10.7. The summed E-state index contributed by atoms with van der Waals surface area (Å²) in [7, 11) is 0. The molecular weight excluding hydrogens is 221 g/mol. The van der Waals surface area contributed by atoms with Crippen LogP contribution in [0.3, 0.4) is 0 Å². The largest absolute Gasteiger partial charge is 0.481 e. The number of benzene rings is 1. The highest BCUT2D eigenvalue weighted by Crippen LogP contribution is 2.40. The molecule has 1 aromatic carbocycles. The summed E-state index contributed by atoms with van der Waals surface area (Å²) in [5.41, 5.74) is -0.0232. The third-order valence-corrected chi connectivity index (χ3v) is 2.40. The minimum atomic E-state index is -4.56. The summed E-state index contributed by atoms with van der Waals surface area (Å²) >= 11 is 0. The van der Waals surface area contributed by atoms with Crippen LogP contribution in [0.1, 0.15) is 18.4 Å². The molecule has 1 N–H and O–H groups in total. The van der Waals surface area contributed by atoms with Crippen LogP contribution in [0.5, 0.6) is 0 Å². The zero-order chi connectivity index (χ0) is 12.3. The molecule has 0 spiro atoms. The van der Waals surface area contributed by atoms with E-state index in [4.69, 9.17) is 5.11 Å². The number of carboxylic acids is 1. The van der Waals surface area contributed by atoms with Crippen molar-refractivity contribution in [3.8, 4) is 0 Å². The summed E-state index contributed by atoms with van der Waals surface area (Å²) < 4.78 is 38.3. The summed E-state index contributed by atoms with van der Waals surface area (Å²) in [6.07, 6.45) is -4.56. The molecule has 0 saturated carbocycles. The number of hydrogen-bond donors (Lipinski definition) is 1. The van der Waals surface area contributed by atoms with Crippen molar-refractivity contribution in [2.45, 2.75) is 19.0 Å². The fourth-order valence-corrected chi connectivity index (χ4v) is 1.56. The first-order valence-electron chi connectivity index (χ1n) is 4.68. The van der Waals surface area contributed by atoms with Gasteiger partial charge in [0.15, 0.2) is 0 Å². The molecule has 0 aliphatic rings. The van der Waals surface area contributed by atoms with Crippen molar-refractivity contribution in [2.24, 2.45) is 5.92 Å². The lowest BCUT2D eigenvalue weighted by Crippen LogP contribution is -2.31. The van der Waals surface area contributed by atoms with Gasteiger partial charge in [-0.25, -0.2) is 0 Å². The van der Waals surface area contributed by atoms with Gasteiger partial charge in [-0.2, -0.15) is 13.2 Å². The van der Waals surface area contributed by atoms with Gasteiger partial charge in [0, 0.05) is 0 Å². The molecule has 0 aromatic heterocycles.